The van der Waals surface area contributed by atoms with E-state index < -0.39 is 0 Å². The Morgan fingerprint density at radius 2 is 2.09 bits per heavy atom. The first-order valence-corrected chi connectivity index (χ1v) is 3.57. The van der Waals surface area contributed by atoms with Crippen molar-refractivity contribution < 1.29 is 56.1 Å². The van der Waals surface area contributed by atoms with Crippen molar-refractivity contribution in [3.63, 3.8) is 0 Å². The van der Waals surface area contributed by atoms with Gasteiger partial charge in [0.15, 0.2) is 0 Å². The quantitative estimate of drug-likeness (QED) is 0.273. The number of rotatable bonds is 6. The maximum Gasteiger partial charge on any atom is 1.00 e. The van der Waals surface area contributed by atoms with Crippen LogP contribution < -0.4 is 57.1 Å². The van der Waals surface area contributed by atoms with Crippen molar-refractivity contribution >= 4 is 0 Å². The standard InChI is InChI=1S/C7H17N2O.K/c1-9(2)5-3-6-10-7-4-8;/h1,3-8H2,2H3;/q-1;+1. The number of nitrogens with two attached hydrogens (primary N) is 1. The molecule has 0 unspecified atom stereocenters. The van der Waals surface area contributed by atoms with Gasteiger partial charge in [0.1, 0.15) is 0 Å². The van der Waals surface area contributed by atoms with Gasteiger partial charge in [0.2, 0.25) is 0 Å². The average molecular weight is 184 g/mol. The van der Waals surface area contributed by atoms with Gasteiger partial charge in [-0.2, -0.15) is 0 Å². The summed E-state index contributed by atoms with van der Waals surface area (Å²) in [7, 11) is 5.66. The molecule has 11 heavy (non-hydrogen) atoms. The van der Waals surface area contributed by atoms with Gasteiger partial charge in [-0.15, -0.1) is 0 Å². The molecule has 4 heteroatoms. The van der Waals surface area contributed by atoms with Crippen LogP contribution in [0, 0.1) is 7.05 Å². The topological polar surface area (TPSA) is 38.5 Å². The first-order valence-electron chi connectivity index (χ1n) is 3.57. The fourth-order valence-electron chi connectivity index (χ4n) is 0.622. The molecule has 0 heterocycles. The van der Waals surface area contributed by atoms with E-state index in [1.54, 1.807) is 0 Å². The molecule has 0 spiro atoms. The number of nitrogens with zero attached hydrogens (tertiary/aromatic N) is 1. The van der Waals surface area contributed by atoms with Crippen LogP contribution in [0.5, 0.6) is 0 Å². The van der Waals surface area contributed by atoms with Gasteiger partial charge in [0.05, 0.1) is 6.61 Å². The van der Waals surface area contributed by atoms with Crippen LogP contribution in [0.2, 0.25) is 0 Å². The maximum atomic E-state index is 5.22. The van der Waals surface area contributed by atoms with Crippen LogP contribution in [-0.4, -0.2) is 38.3 Å². The molecule has 0 aliphatic carbocycles. The van der Waals surface area contributed by atoms with E-state index in [1.165, 1.54) is 0 Å². The van der Waals surface area contributed by atoms with E-state index in [4.69, 9.17) is 10.5 Å². The summed E-state index contributed by atoms with van der Waals surface area (Å²) in [5.74, 6) is 0. The molecular formula is C7H17KN2O. The molecular weight excluding hydrogens is 167 g/mol. The van der Waals surface area contributed by atoms with Gasteiger partial charge in [-0.25, -0.2) is 0 Å². The predicted octanol–water partition coefficient (Wildman–Crippen LogP) is -2.92. The second-order valence-electron chi connectivity index (χ2n) is 2.33. The van der Waals surface area contributed by atoms with E-state index in [2.05, 4.69) is 7.05 Å². The van der Waals surface area contributed by atoms with Gasteiger partial charge >= 0.3 is 51.4 Å². The Bertz CT molecular complexity index is 71.5. The Labute approximate surface area is 112 Å². The Morgan fingerprint density at radius 1 is 1.45 bits per heavy atom. The summed E-state index contributed by atoms with van der Waals surface area (Å²) in [5, 5.41) is 0. The number of ether oxygens (including phenoxy) is 1. The van der Waals surface area contributed by atoms with Crippen LogP contribution in [0.4, 0.5) is 0 Å². The SMILES string of the molecule is [CH2-]N(C)CCCOCCN.[K+]. The Kier molecular flexibility index (Phi) is 15.7. The molecule has 0 aliphatic rings. The van der Waals surface area contributed by atoms with Gasteiger partial charge in [-0.1, -0.05) is 0 Å². The van der Waals surface area contributed by atoms with E-state index in [0.717, 1.165) is 19.6 Å². The van der Waals surface area contributed by atoms with Crippen LogP contribution in [-0.2, 0) is 4.74 Å². The van der Waals surface area contributed by atoms with E-state index in [0.29, 0.717) is 13.2 Å². The molecule has 0 aromatic rings. The molecule has 3 nitrogen and oxygen atoms in total. The summed E-state index contributed by atoms with van der Waals surface area (Å²) in [6, 6.07) is 0. The third kappa shape index (κ3) is 14.4. The van der Waals surface area contributed by atoms with Crippen LogP contribution in [0.1, 0.15) is 6.42 Å². The fraction of sp³-hybridized carbons (Fsp3) is 0.857. The van der Waals surface area contributed by atoms with E-state index in [-0.39, 0.29) is 51.4 Å². The molecule has 62 valence electrons. The van der Waals surface area contributed by atoms with Gasteiger partial charge in [0, 0.05) is 13.2 Å². The third-order valence-corrected chi connectivity index (χ3v) is 1.09. The third-order valence-electron chi connectivity index (χ3n) is 1.09. The largest absolute Gasteiger partial charge is 1.00 e. The maximum absolute atomic E-state index is 5.22. The minimum absolute atomic E-state index is 0. The molecule has 0 fully saturated rings. The van der Waals surface area contributed by atoms with Gasteiger partial charge < -0.3 is 15.4 Å². The summed E-state index contributed by atoms with van der Waals surface area (Å²) >= 11 is 0. The van der Waals surface area contributed by atoms with Crippen molar-refractivity contribution in [1.82, 2.24) is 4.90 Å². The summed E-state index contributed by atoms with van der Waals surface area (Å²) < 4.78 is 5.15. The average Bonchev–Trinajstić information content (AvgIpc) is 1.87. The van der Waals surface area contributed by atoms with Crippen molar-refractivity contribution in [1.29, 1.82) is 0 Å². The first-order chi connectivity index (χ1) is 4.77. The zero-order valence-corrected chi connectivity index (χ0v) is 10.8. The summed E-state index contributed by atoms with van der Waals surface area (Å²) in [6.45, 7) is 3.04. The van der Waals surface area contributed by atoms with Crippen molar-refractivity contribution in [2.45, 2.75) is 6.42 Å². The molecule has 0 aliphatic heterocycles. The molecule has 0 saturated carbocycles. The van der Waals surface area contributed by atoms with Crippen molar-refractivity contribution in [2.75, 3.05) is 33.4 Å². The first kappa shape index (κ1) is 15.0. The van der Waals surface area contributed by atoms with Gasteiger partial charge in [-0.3, -0.25) is 7.05 Å². The predicted molar refractivity (Wildman–Crippen MR) is 42.5 cm³/mol. The fourth-order valence-corrected chi connectivity index (χ4v) is 0.622. The summed E-state index contributed by atoms with van der Waals surface area (Å²) in [6.07, 6.45) is 1.03. The zero-order chi connectivity index (χ0) is 7.82. The van der Waals surface area contributed by atoms with Crippen molar-refractivity contribution in [3.8, 4) is 0 Å². The monoisotopic (exact) mass is 184 g/mol. The van der Waals surface area contributed by atoms with Gasteiger partial charge in [-0.05, 0) is 20.0 Å². The molecule has 2 N–H and O–H groups in total. The van der Waals surface area contributed by atoms with E-state index in [9.17, 15) is 0 Å². The molecule has 0 rings (SSSR count). The van der Waals surface area contributed by atoms with E-state index in [1.807, 2.05) is 11.9 Å². The normalized spacial score (nSPS) is 9.82. The van der Waals surface area contributed by atoms with Crippen LogP contribution in [0.3, 0.4) is 0 Å². The van der Waals surface area contributed by atoms with Crippen LogP contribution in [0.25, 0.3) is 0 Å². The Morgan fingerprint density at radius 3 is 2.55 bits per heavy atom. The molecule has 0 radical (unpaired) electrons. The Hall–Kier alpha value is 1.52. The smallest absolute Gasteiger partial charge is 0.462 e. The minimum Gasteiger partial charge on any atom is -0.462 e. The molecule has 0 aromatic carbocycles. The molecule has 0 atom stereocenters. The van der Waals surface area contributed by atoms with Crippen LogP contribution in [0.15, 0.2) is 0 Å². The van der Waals surface area contributed by atoms with Gasteiger partial charge in [0.25, 0.3) is 0 Å². The summed E-state index contributed by atoms with van der Waals surface area (Å²) in [4.78, 5) is 1.89. The second-order valence-corrected chi connectivity index (χ2v) is 2.33. The molecule has 0 saturated heterocycles. The number of hydrogen-bond donors (Lipinski definition) is 1. The number of hydrogen-bond acceptors (Lipinski definition) is 3. The zero-order valence-electron chi connectivity index (χ0n) is 7.68. The van der Waals surface area contributed by atoms with Crippen molar-refractivity contribution in [3.05, 3.63) is 7.05 Å². The molecule has 0 bridgehead atoms. The molecule has 0 amide bonds. The van der Waals surface area contributed by atoms with Crippen LogP contribution >= 0.6 is 0 Å². The molecule has 0 aromatic heterocycles. The van der Waals surface area contributed by atoms with Crippen molar-refractivity contribution in [2.24, 2.45) is 5.73 Å². The van der Waals surface area contributed by atoms with E-state index >= 15 is 0 Å². The second kappa shape index (κ2) is 11.5. The Balaban J connectivity index is 0. The minimum atomic E-state index is 0. The summed E-state index contributed by atoms with van der Waals surface area (Å²) in [5.41, 5.74) is 5.22.